The molecule has 0 radical (unpaired) electrons. The largest absolute Gasteiger partial charge is 0.531 e. The number of phenols is 1. The van der Waals surface area contributed by atoms with E-state index in [-0.39, 0.29) is 143 Å². The second-order valence-corrected chi connectivity index (χ2v) is 29.3. The lowest BCUT2D eigenvalue weighted by Gasteiger charge is -2.22. The maximum atomic E-state index is 12.5. The summed E-state index contributed by atoms with van der Waals surface area (Å²) in [5.74, 6) is 2.62. The maximum absolute atomic E-state index is 12.5. The van der Waals surface area contributed by atoms with Gasteiger partial charge in [-0.05, 0) is 149 Å². The highest BCUT2D eigenvalue weighted by Crippen LogP contribution is 2.21. The van der Waals surface area contributed by atoms with E-state index >= 15 is 0 Å². The van der Waals surface area contributed by atoms with Gasteiger partial charge < -0.3 is 144 Å². The molecule has 6 heterocycles. The Morgan fingerprint density at radius 2 is 0.667 bits per heavy atom. The highest BCUT2D eigenvalue weighted by atomic mass is 32.2. The first-order valence-corrected chi connectivity index (χ1v) is 44.5. The highest BCUT2D eigenvalue weighted by molar-refractivity contribution is 7.99. The fraction of sp³-hybridized carbons (Fsp3) is 0.512. The Balaban J connectivity index is 0.000000526. The van der Waals surface area contributed by atoms with Crippen molar-refractivity contribution in [3.8, 4) is 34.5 Å². The Kier molecular flexibility index (Phi) is 67.0. The Bertz CT molecular complexity index is 4490. The number of benzene rings is 1. The lowest BCUT2D eigenvalue weighted by molar-refractivity contribution is 0.0443. The van der Waals surface area contributed by atoms with Gasteiger partial charge >= 0.3 is 18.2 Å². The van der Waals surface area contributed by atoms with Gasteiger partial charge in [0, 0.05) is 128 Å². The molecular formula is C82H121N9O31S7. The quantitative estimate of drug-likeness (QED) is 0.0181. The molecule has 1 aromatic carbocycles. The number of hydrogen-bond acceptors (Lipinski definition) is 38. The fourth-order valence-corrected chi connectivity index (χ4v) is 11.8. The molecule has 47 heteroatoms. The van der Waals surface area contributed by atoms with E-state index in [4.69, 9.17) is 197 Å². The summed E-state index contributed by atoms with van der Waals surface area (Å²) in [4.78, 5) is 82.5. The molecule has 2 amide bonds. The molecular weight excluding hydrogens is 1830 g/mol. The summed E-state index contributed by atoms with van der Waals surface area (Å²) < 4.78 is 41.9. The van der Waals surface area contributed by atoms with Crippen LogP contribution in [0.5, 0.6) is 34.5 Å². The third kappa shape index (κ3) is 49.1. The van der Waals surface area contributed by atoms with Gasteiger partial charge in [-0.1, -0.05) is 85.4 Å². The van der Waals surface area contributed by atoms with E-state index in [0.29, 0.717) is 179 Å². The highest BCUT2D eigenvalue weighted by Gasteiger charge is 2.22. The van der Waals surface area contributed by atoms with Crippen LogP contribution < -0.4 is 52.7 Å². The van der Waals surface area contributed by atoms with Crippen molar-refractivity contribution in [1.82, 2.24) is 43.1 Å². The van der Waals surface area contributed by atoms with E-state index in [9.17, 15) is 24.3 Å². The molecule has 7 rings (SSSR count). The molecule has 0 unspecified atom stereocenters. The number of carbonyl (C=O) groups excluding carboxylic acids is 3. The Labute approximate surface area is 781 Å². The lowest BCUT2D eigenvalue weighted by atomic mass is 10.2. The van der Waals surface area contributed by atoms with E-state index in [1.807, 2.05) is 17.0 Å². The number of para-hydroxylation sites is 1. The number of aromatic nitrogens is 6. The van der Waals surface area contributed by atoms with Crippen LogP contribution >= 0.6 is 85.1 Å². The summed E-state index contributed by atoms with van der Waals surface area (Å²) in [6, 6.07) is 26.2. The number of rotatable bonds is 58. The number of unbranched alkanes of at least 4 members (excludes halogenated alkanes) is 5. The molecule has 722 valence electrons. The molecule has 0 atom stereocenters. The third-order valence-electron chi connectivity index (χ3n) is 16.1. The number of pyridine rings is 6. The van der Waals surface area contributed by atoms with Crippen molar-refractivity contribution < 1.29 is 153 Å². The lowest BCUT2D eigenvalue weighted by Crippen LogP contribution is -2.41. The molecule has 0 aliphatic carbocycles. The molecule has 15 N–H and O–H groups in total. The number of hydrogen-bond donors (Lipinski definition) is 15. The standard InChI is InChI=1S/C16H17NO5S.C15H23N3O7S.C15H26N2O5S.C13H21NO5S.C13H21NO4S2.C10H13NO5S/c18-10-3-4-11-21-14-8-5-9-17(15(14)23)22-16(20)12-6-1-2-7-13(12)19;19-8-4-16(5-9-20)13(23)12-2-1-3-18(14(12)26)25-15(24)17(6-10-21)7-11-22;18-9-1-2-12-22-17-5-3-4-14(15(17)23)21-13-8-16(6-10-19)7-11-20;15-6-1-2-8-19-14-5-3-4-12(13(14)20)18-11-10-17-9-7-16;15-6-1-2-8-18-14-5-3-4-12(13(14)19)17-9-11-20-10-7-16;12-6-1-2-7-15-8-4-3-5-11(9(8)17)16-10(13)14/h1-2,5-9,18-19H,3-4,10-11H2;1-3,19-22H,4-11H2;3-5,18-20H,1-2,6-13H2;2*3-5,15-16H,1-2,6-11H2;3-5,12H,1-2,6-7H2,(H,13,14). The molecule has 0 saturated heterocycles. The van der Waals surface area contributed by atoms with Crippen LogP contribution in [0.1, 0.15) is 84.9 Å². The zero-order valence-electron chi connectivity index (χ0n) is 71.5. The van der Waals surface area contributed by atoms with Crippen LogP contribution in [0.3, 0.4) is 0 Å². The average Bonchev–Trinajstić information content (AvgIpc) is 0.821. The predicted molar refractivity (Wildman–Crippen MR) is 489 cm³/mol. The smallest absolute Gasteiger partial charge is 0.507 e. The van der Waals surface area contributed by atoms with Gasteiger partial charge in [-0.15, -0.1) is 0 Å². The van der Waals surface area contributed by atoms with E-state index in [1.165, 1.54) is 61.9 Å². The van der Waals surface area contributed by atoms with Gasteiger partial charge in [-0.3, -0.25) is 9.69 Å². The molecule has 129 heavy (non-hydrogen) atoms. The fourth-order valence-electron chi connectivity index (χ4n) is 9.84. The van der Waals surface area contributed by atoms with E-state index in [1.54, 1.807) is 91.0 Å². The number of nitrogens with zero attached hydrogens (tertiary/aromatic N) is 9. The van der Waals surface area contributed by atoms with Crippen LogP contribution in [0.15, 0.2) is 134 Å². The molecule has 6 aromatic heterocycles. The summed E-state index contributed by atoms with van der Waals surface area (Å²) in [6.07, 6.45) is 14.2. The first-order chi connectivity index (χ1) is 62.6. The van der Waals surface area contributed by atoms with Crippen molar-refractivity contribution in [2.75, 3.05) is 209 Å². The van der Waals surface area contributed by atoms with Crippen LogP contribution in [0.25, 0.3) is 0 Å². The van der Waals surface area contributed by atoms with Crippen LogP contribution in [0.2, 0.25) is 0 Å². The Morgan fingerprint density at radius 3 is 1.07 bits per heavy atom. The zero-order chi connectivity index (χ0) is 95.0. The van der Waals surface area contributed by atoms with Gasteiger partial charge in [0.2, 0.25) is 0 Å². The van der Waals surface area contributed by atoms with Crippen LogP contribution in [-0.2, 0) is 4.74 Å². The maximum Gasteiger partial charge on any atom is 0.531 e. The predicted octanol–water partition coefficient (Wildman–Crippen LogP) is 4.71. The second-order valence-electron chi connectivity index (χ2n) is 25.7. The number of amides is 2. The van der Waals surface area contributed by atoms with Gasteiger partial charge in [-0.2, -0.15) is 40.1 Å². The van der Waals surface area contributed by atoms with Crippen molar-refractivity contribution >= 4 is 109 Å². The topological polar surface area (TPSA) is 522 Å². The Morgan fingerprint density at radius 1 is 0.310 bits per heavy atom. The van der Waals surface area contributed by atoms with Crippen LogP contribution in [0, 0.1) is 27.8 Å². The van der Waals surface area contributed by atoms with Crippen LogP contribution in [-0.4, -0.2) is 353 Å². The first-order valence-electron chi connectivity index (χ1n) is 40.9. The molecule has 0 aliphatic rings. The molecule has 0 bridgehead atoms. The molecule has 40 nitrogen and oxygen atoms in total. The SMILES string of the molecule is O=C(O)On1cccc(OCCCCO)c1=S.O=C(On1cccc(C(=O)N(CCO)CCO)c1=S)N(CCO)CCO.O=C(On1cccc(OCCCCO)c1=S)c1ccccc1O.OCCCCOn1cccc(OCCN(CCO)CCO)c1=S.OCCCCOn1cccc(OCCOCCO)c1=S.OCCCCOn1cccc(OCCSCCO)c1=S. The van der Waals surface area contributed by atoms with E-state index in [2.05, 4.69) is 4.84 Å². The van der Waals surface area contributed by atoms with Crippen molar-refractivity contribution in [3.05, 3.63) is 173 Å². The number of thioether (sulfide) groups is 1. The summed E-state index contributed by atoms with van der Waals surface area (Å²) >= 11 is 32.9. The second kappa shape index (κ2) is 74.5. The zero-order valence-corrected chi connectivity index (χ0v) is 77.2. The number of carboxylic acid groups (broad SMARTS) is 1. The number of phenolic OH excluding ortho intramolecular Hbond substituents is 1. The van der Waals surface area contributed by atoms with Crippen molar-refractivity contribution in [3.63, 3.8) is 0 Å². The molecule has 7 aromatic rings. The third-order valence-corrected chi connectivity index (χ3v) is 19.4. The number of aliphatic hydroxyl groups excluding tert-OH is 13. The number of ether oxygens (including phenoxy) is 6. The summed E-state index contributed by atoms with van der Waals surface area (Å²) in [6.45, 7) is 5.58. The van der Waals surface area contributed by atoms with Crippen molar-refractivity contribution in [2.45, 2.75) is 64.2 Å². The minimum atomic E-state index is -1.45. The van der Waals surface area contributed by atoms with Crippen molar-refractivity contribution in [2.24, 2.45) is 0 Å². The van der Waals surface area contributed by atoms with E-state index < -0.39 is 24.1 Å². The normalized spacial score (nSPS) is 10.5. The summed E-state index contributed by atoms with van der Waals surface area (Å²) in [5, 5.41) is 133. The first kappa shape index (κ1) is 116. The molecule has 0 spiro atoms. The minimum absolute atomic E-state index is 0.000690. The number of aliphatic hydroxyl groups is 13. The number of carbonyl (C=O) groups is 4. The minimum Gasteiger partial charge on any atom is -0.507 e. The Hall–Kier alpha value is -9.13. The van der Waals surface area contributed by atoms with Gasteiger partial charge in [-0.25, -0.2) is 14.4 Å². The van der Waals surface area contributed by atoms with Gasteiger partial charge in [0.05, 0.1) is 91.5 Å². The number of aromatic hydroxyl groups is 1. The van der Waals surface area contributed by atoms with E-state index in [0.717, 1.165) is 44.1 Å². The average molecular weight is 1950 g/mol. The van der Waals surface area contributed by atoms with Crippen LogP contribution in [0.4, 0.5) is 9.59 Å². The summed E-state index contributed by atoms with van der Waals surface area (Å²) in [5.41, 5.74) is 0.108. The molecule has 0 aliphatic heterocycles. The van der Waals surface area contributed by atoms with Gasteiger partial charge in [0.15, 0.2) is 56.6 Å². The monoisotopic (exact) mass is 1950 g/mol. The molecule has 0 saturated carbocycles. The summed E-state index contributed by atoms with van der Waals surface area (Å²) in [7, 11) is 0. The van der Waals surface area contributed by atoms with Crippen molar-refractivity contribution in [1.29, 1.82) is 0 Å². The van der Waals surface area contributed by atoms with Gasteiger partial charge in [0.1, 0.15) is 44.3 Å². The molecule has 0 fully saturated rings. The van der Waals surface area contributed by atoms with Gasteiger partial charge in [0.25, 0.3) is 5.91 Å².